The number of likely N-dealkylation sites (tertiary alicyclic amines) is 1. The van der Waals surface area contributed by atoms with Crippen LogP contribution in [-0.4, -0.2) is 44.7 Å². The minimum absolute atomic E-state index is 0.0407. The van der Waals surface area contributed by atoms with Gasteiger partial charge in [-0.25, -0.2) is 0 Å². The number of carbonyl (C=O) groups is 2. The Bertz CT molecular complexity index is 785. The molecule has 1 atom stereocenters. The van der Waals surface area contributed by atoms with Crippen molar-refractivity contribution >= 4 is 11.7 Å². The van der Waals surface area contributed by atoms with Crippen LogP contribution in [0.5, 0.6) is 0 Å². The Kier molecular flexibility index (Phi) is 6.95. The molecule has 1 aliphatic rings. The van der Waals surface area contributed by atoms with Gasteiger partial charge in [-0.2, -0.15) is 0 Å². The highest BCUT2D eigenvalue weighted by molar-refractivity contribution is 5.92. The first-order chi connectivity index (χ1) is 13.5. The maximum Gasteiger partial charge on any atom is 0.276 e. The Morgan fingerprint density at radius 3 is 2.75 bits per heavy atom. The summed E-state index contributed by atoms with van der Waals surface area (Å²) in [4.78, 5) is 26.9. The highest BCUT2D eigenvalue weighted by Crippen LogP contribution is 2.21. The molecule has 0 saturated carbocycles. The molecule has 3 rings (SSSR count). The smallest absolute Gasteiger partial charge is 0.276 e. The second-order valence-electron chi connectivity index (χ2n) is 8.11. The molecule has 2 aromatic rings. The summed E-state index contributed by atoms with van der Waals surface area (Å²) >= 11 is 0. The fourth-order valence-corrected chi connectivity index (χ4v) is 3.75. The van der Waals surface area contributed by atoms with Crippen LogP contribution in [0.1, 0.15) is 55.6 Å². The molecule has 1 aromatic heterocycles. The van der Waals surface area contributed by atoms with Crippen molar-refractivity contribution in [3.8, 4) is 0 Å². The third-order valence-corrected chi connectivity index (χ3v) is 5.23. The molecule has 0 radical (unpaired) electrons. The fourth-order valence-electron chi connectivity index (χ4n) is 3.75. The van der Waals surface area contributed by atoms with Crippen LogP contribution >= 0.6 is 0 Å². The number of amides is 1. The normalized spacial score (nSPS) is 17.1. The largest absolute Gasteiger partial charge is 0.336 e. The number of benzene rings is 1. The van der Waals surface area contributed by atoms with Crippen molar-refractivity contribution in [2.45, 2.75) is 52.5 Å². The predicted octanol–water partition coefficient (Wildman–Crippen LogP) is 3.38. The van der Waals surface area contributed by atoms with Crippen LogP contribution in [0.4, 0.5) is 0 Å². The Morgan fingerprint density at radius 2 is 2.00 bits per heavy atom. The first-order valence-electron chi connectivity index (χ1n) is 10.3. The Labute approximate surface area is 166 Å². The minimum atomic E-state index is -0.114. The van der Waals surface area contributed by atoms with Gasteiger partial charge in [0.1, 0.15) is 5.78 Å². The third-order valence-electron chi connectivity index (χ3n) is 5.23. The number of hydrogen-bond acceptors (Lipinski definition) is 4. The summed E-state index contributed by atoms with van der Waals surface area (Å²) in [5, 5.41) is 8.18. The Balaban J connectivity index is 1.52. The lowest BCUT2D eigenvalue weighted by Crippen LogP contribution is -2.42. The van der Waals surface area contributed by atoms with E-state index >= 15 is 0 Å². The van der Waals surface area contributed by atoms with Gasteiger partial charge in [-0.1, -0.05) is 49.4 Å². The van der Waals surface area contributed by atoms with Crippen molar-refractivity contribution in [1.29, 1.82) is 0 Å². The van der Waals surface area contributed by atoms with E-state index in [4.69, 9.17) is 0 Å². The molecule has 1 aliphatic heterocycles. The zero-order valence-electron chi connectivity index (χ0n) is 16.9. The molecule has 0 bridgehead atoms. The summed E-state index contributed by atoms with van der Waals surface area (Å²) in [6.45, 7) is 6.03. The lowest BCUT2D eigenvalue weighted by atomic mass is 9.89. The summed E-state index contributed by atoms with van der Waals surface area (Å²) < 4.78 is 1.74. The van der Waals surface area contributed by atoms with Crippen LogP contribution in [0.25, 0.3) is 0 Å². The van der Waals surface area contributed by atoms with Gasteiger partial charge in [0.05, 0.1) is 6.20 Å². The van der Waals surface area contributed by atoms with Gasteiger partial charge in [0, 0.05) is 32.0 Å². The average Bonchev–Trinajstić information content (AvgIpc) is 3.17. The molecular weight excluding hydrogens is 352 g/mol. The van der Waals surface area contributed by atoms with Crippen LogP contribution in [0.15, 0.2) is 36.5 Å². The molecule has 2 heterocycles. The first-order valence-corrected chi connectivity index (χ1v) is 10.3. The molecule has 28 heavy (non-hydrogen) atoms. The van der Waals surface area contributed by atoms with Crippen molar-refractivity contribution < 1.29 is 9.59 Å². The zero-order valence-corrected chi connectivity index (χ0v) is 16.9. The van der Waals surface area contributed by atoms with Gasteiger partial charge in [0.2, 0.25) is 0 Å². The zero-order chi connectivity index (χ0) is 19.9. The number of ketones is 1. The van der Waals surface area contributed by atoms with E-state index in [1.807, 2.05) is 18.2 Å². The van der Waals surface area contributed by atoms with Crippen molar-refractivity contribution in [3.63, 3.8) is 0 Å². The van der Waals surface area contributed by atoms with E-state index in [1.165, 1.54) is 5.56 Å². The second kappa shape index (κ2) is 9.62. The molecular formula is C22H30N4O2. The quantitative estimate of drug-likeness (QED) is 0.702. The fraction of sp³-hybridized carbons (Fsp3) is 0.545. The van der Waals surface area contributed by atoms with E-state index in [9.17, 15) is 9.59 Å². The molecule has 1 aromatic carbocycles. The molecule has 150 valence electrons. The van der Waals surface area contributed by atoms with Crippen LogP contribution in [0.2, 0.25) is 0 Å². The molecule has 0 spiro atoms. The molecule has 0 aliphatic carbocycles. The van der Waals surface area contributed by atoms with Gasteiger partial charge in [-0.15, -0.1) is 5.10 Å². The first kappa shape index (κ1) is 20.2. The van der Waals surface area contributed by atoms with E-state index < -0.39 is 0 Å². The van der Waals surface area contributed by atoms with E-state index in [-0.39, 0.29) is 17.6 Å². The highest BCUT2D eigenvalue weighted by Gasteiger charge is 2.30. The van der Waals surface area contributed by atoms with Crippen LogP contribution < -0.4 is 0 Å². The van der Waals surface area contributed by atoms with Crippen molar-refractivity contribution in [2.24, 2.45) is 11.8 Å². The maximum absolute atomic E-state index is 12.8. The number of carbonyl (C=O) groups excluding carboxylic acids is 2. The van der Waals surface area contributed by atoms with Gasteiger partial charge in [0.25, 0.3) is 5.91 Å². The number of aryl methyl sites for hydroxylation is 2. The van der Waals surface area contributed by atoms with Gasteiger partial charge < -0.3 is 4.90 Å². The highest BCUT2D eigenvalue weighted by atomic mass is 16.2. The summed E-state index contributed by atoms with van der Waals surface area (Å²) in [5.41, 5.74) is 1.67. The van der Waals surface area contributed by atoms with E-state index in [2.05, 4.69) is 36.3 Å². The number of hydrogen-bond donors (Lipinski definition) is 0. The molecule has 6 nitrogen and oxygen atoms in total. The topological polar surface area (TPSA) is 68.1 Å². The van der Waals surface area contributed by atoms with E-state index in [0.29, 0.717) is 31.1 Å². The van der Waals surface area contributed by atoms with Gasteiger partial charge >= 0.3 is 0 Å². The summed E-state index contributed by atoms with van der Waals surface area (Å²) in [6.07, 6.45) is 5.97. The minimum Gasteiger partial charge on any atom is -0.336 e. The lowest BCUT2D eigenvalue weighted by Gasteiger charge is -2.31. The average molecular weight is 383 g/mol. The molecule has 0 unspecified atom stereocenters. The van der Waals surface area contributed by atoms with Crippen LogP contribution in [-0.2, 0) is 17.8 Å². The van der Waals surface area contributed by atoms with Crippen molar-refractivity contribution in [2.75, 3.05) is 13.1 Å². The second-order valence-corrected chi connectivity index (χ2v) is 8.11. The summed E-state index contributed by atoms with van der Waals surface area (Å²) in [7, 11) is 0. The monoisotopic (exact) mass is 382 g/mol. The van der Waals surface area contributed by atoms with Crippen molar-refractivity contribution in [3.05, 3.63) is 47.8 Å². The number of Topliss-reactive ketones (excluding diaryl/α,β-unsaturated/α-hetero) is 1. The number of nitrogens with zero attached hydrogens (tertiary/aromatic N) is 4. The number of piperidine rings is 1. The number of rotatable bonds is 8. The van der Waals surface area contributed by atoms with Crippen LogP contribution in [0, 0.1) is 11.8 Å². The molecule has 1 amide bonds. The van der Waals surface area contributed by atoms with Gasteiger partial charge in [0.15, 0.2) is 5.69 Å². The van der Waals surface area contributed by atoms with Gasteiger partial charge in [-0.05, 0) is 37.2 Å². The third kappa shape index (κ3) is 5.50. The Hall–Kier alpha value is -2.50. The van der Waals surface area contributed by atoms with Crippen LogP contribution in [0.3, 0.4) is 0 Å². The summed E-state index contributed by atoms with van der Waals surface area (Å²) in [6, 6.07) is 10.3. The SMILES string of the molecule is CC(C)CC(=O)[C@H]1CCCN(C(=O)c2cn(CCCc3ccccc3)nn2)C1. The Morgan fingerprint density at radius 1 is 1.21 bits per heavy atom. The molecule has 1 saturated heterocycles. The van der Waals surface area contributed by atoms with Gasteiger partial charge in [-0.3, -0.25) is 14.3 Å². The number of aromatic nitrogens is 3. The summed E-state index contributed by atoms with van der Waals surface area (Å²) in [5.74, 6) is 0.476. The molecule has 0 N–H and O–H groups in total. The predicted molar refractivity (Wildman–Crippen MR) is 108 cm³/mol. The molecule has 6 heteroatoms. The maximum atomic E-state index is 12.8. The van der Waals surface area contributed by atoms with E-state index in [1.54, 1.807) is 15.8 Å². The lowest BCUT2D eigenvalue weighted by molar-refractivity contribution is -0.124. The van der Waals surface area contributed by atoms with Crippen molar-refractivity contribution in [1.82, 2.24) is 19.9 Å². The standard InChI is InChI=1S/C22H30N4O2/c1-17(2)14-21(27)19-11-7-12-25(15-19)22(28)20-16-26(24-23-20)13-6-10-18-8-4-3-5-9-18/h3-5,8-9,16-17,19H,6-7,10-15H2,1-2H3/t19-/m0/s1. The van der Waals surface area contributed by atoms with E-state index in [0.717, 1.165) is 32.2 Å². The molecule has 1 fully saturated rings.